The van der Waals surface area contributed by atoms with Crippen LogP contribution in [-0.4, -0.2) is 42.1 Å². The topological polar surface area (TPSA) is 44.4 Å². The van der Waals surface area contributed by atoms with E-state index in [9.17, 15) is 4.79 Å². The highest BCUT2D eigenvalue weighted by atomic mass is 16.2. The largest absolute Gasteiger partial charge is 0.336 e. The van der Waals surface area contributed by atoms with Gasteiger partial charge in [-0.25, -0.2) is 4.79 Å². The number of urea groups is 1. The maximum atomic E-state index is 11.4. The number of nitrogens with one attached hydrogen (secondary N) is 2. The van der Waals surface area contributed by atoms with Gasteiger partial charge in [-0.05, 0) is 26.8 Å². The third-order valence-electron chi connectivity index (χ3n) is 3.10. The molecule has 0 bridgehead atoms. The van der Waals surface area contributed by atoms with Crippen molar-refractivity contribution in [1.82, 2.24) is 15.5 Å². The Morgan fingerprint density at radius 2 is 2.23 bits per heavy atom. The first kappa shape index (κ1) is 8.81. The van der Waals surface area contributed by atoms with Crippen LogP contribution < -0.4 is 10.6 Å². The predicted octanol–water partition coefficient (Wildman–Crippen LogP) is 0.152. The van der Waals surface area contributed by atoms with E-state index < -0.39 is 0 Å². The average molecular weight is 183 g/mol. The molecule has 2 N–H and O–H groups in total. The Morgan fingerprint density at radius 3 is 2.69 bits per heavy atom. The van der Waals surface area contributed by atoms with Crippen LogP contribution >= 0.6 is 0 Å². The van der Waals surface area contributed by atoms with Gasteiger partial charge >= 0.3 is 6.03 Å². The van der Waals surface area contributed by atoms with E-state index in [1.165, 1.54) is 0 Å². The van der Waals surface area contributed by atoms with Crippen molar-refractivity contribution >= 4 is 6.03 Å². The van der Waals surface area contributed by atoms with E-state index in [1.54, 1.807) is 0 Å². The molecule has 0 spiro atoms. The molecule has 2 fully saturated rings. The lowest BCUT2D eigenvalue weighted by molar-refractivity contribution is 0.173. The maximum Gasteiger partial charge on any atom is 0.317 e. The fourth-order valence-corrected chi connectivity index (χ4v) is 2.34. The van der Waals surface area contributed by atoms with Crippen LogP contribution in [0.4, 0.5) is 4.79 Å². The van der Waals surface area contributed by atoms with Crippen LogP contribution in [0.5, 0.6) is 0 Å². The molecule has 1 unspecified atom stereocenters. The molecule has 0 aromatic heterocycles. The van der Waals surface area contributed by atoms with Crippen molar-refractivity contribution in [1.29, 1.82) is 0 Å². The van der Waals surface area contributed by atoms with Crippen LogP contribution in [0.1, 0.15) is 20.3 Å². The minimum atomic E-state index is 0.0711. The molecule has 4 heteroatoms. The van der Waals surface area contributed by atoms with Gasteiger partial charge in [0, 0.05) is 18.6 Å². The van der Waals surface area contributed by atoms with Crippen LogP contribution in [-0.2, 0) is 0 Å². The van der Waals surface area contributed by atoms with E-state index in [-0.39, 0.29) is 11.6 Å². The highest BCUT2D eigenvalue weighted by molar-refractivity contribution is 5.76. The molecule has 0 aromatic rings. The lowest BCUT2D eigenvalue weighted by atomic mass is 9.96. The van der Waals surface area contributed by atoms with Crippen LogP contribution in [0.25, 0.3) is 0 Å². The molecule has 0 radical (unpaired) electrons. The second kappa shape index (κ2) is 2.87. The molecule has 2 aliphatic rings. The van der Waals surface area contributed by atoms with E-state index >= 15 is 0 Å². The minimum absolute atomic E-state index is 0.0711. The first-order valence-corrected chi connectivity index (χ1v) is 4.91. The molecule has 0 saturated carbocycles. The van der Waals surface area contributed by atoms with E-state index in [0.717, 1.165) is 26.1 Å². The van der Waals surface area contributed by atoms with Crippen molar-refractivity contribution < 1.29 is 4.79 Å². The summed E-state index contributed by atoms with van der Waals surface area (Å²) in [6, 6.07) is 0.455. The van der Waals surface area contributed by atoms with Crippen LogP contribution in [0.15, 0.2) is 0 Å². The Bertz CT molecular complexity index is 227. The smallest absolute Gasteiger partial charge is 0.317 e. The summed E-state index contributed by atoms with van der Waals surface area (Å²) < 4.78 is 0. The normalized spacial score (nSPS) is 32.3. The van der Waals surface area contributed by atoms with Gasteiger partial charge in [0.2, 0.25) is 0 Å². The van der Waals surface area contributed by atoms with Gasteiger partial charge in [0.05, 0.1) is 6.04 Å². The molecular weight excluding hydrogens is 166 g/mol. The molecule has 2 aliphatic heterocycles. The third kappa shape index (κ3) is 1.39. The van der Waals surface area contributed by atoms with Crippen LogP contribution in [0.3, 0.4) is 0 Å². The summed E-state index contributed by atoms with van der Waals surface area (Å²) >= 11 is 0. The molecule has 1 atom stereocenters. The lowest BCUT2D eigenvalue weighted by Crippen LogP contribution is -2.51. The second-order valence-corrected chi connectivity index (χ2v) is 4.38. The summed E-state index contributed by atoms with van der Waals surface area (Å²) in [6.45, 7) is 6.99. The Labute approximate surface area is 78.7 Å². The number of hydrogen-bond donors (Lipinski definition) is 2. The van der Waals surface area contributed by atoms with Gasteiger partial charge in [-0.2, -0.15) is 0 Å². The van der Waals surface area contributed by atoms with Gasteiger partial charge in [0.15, 0.2) is 0 Å². The van der Waals surface area contributed by atoms with Crippen molar-refractivity contribution in [2.24, 2.45) is 0 Å². The molecule has 2 amide bonds. The highest BCUT2D eigenvalue weighted by Gasteiger charge is 2.41. The van der Waals surface area contributed by atoms with E-state index in [1.807, 2.05) is 4.90 Å². The Morgan fingerprint density at radius 1 is 1.46 bits per heavy atom. The number of hydrogen-bond acceptors (Lipinski definition) is 2. The fraction of sp³-hybridized carbons (Fsp3) is 0.889. The molecule has 2 rings (SSSR count). The zero-order valence-corrected chi connectivity index (χ0v) is 8.26. The zero-order valence-electron chi connectivity index (χ0n) is 8.26. The van der Waals surface area contributed by atoms with E-state index in [0.29, 0.717) is 6.04 Å². The lowest BCUT2D eigenvalue weighted by Gasteiger charge is -2.33. The minimum Gasteiger partial charge on any atom is -0.336 e. The van der Waals surface area contributed by atoms with Crippen molar-refractivity contribution in [2.45, 2.75) is 31.8 Å². The SMILES string of the molecule is CC1(C)NCCC1N1CCNC1=O. The molecular formula is C9H17N3O. The van der Waals surface area contributed by atoms with Crippen LogP contribution in [0, 0.1) is 0 Å². The number of carbonyl (C=O) groups excluding carboxylic acids is 1. The summed E-state index contributed by atoms with van der Waals surface area (Å²) in [5, 5.41) is 6.27. The van der Waals surface area contributed by atoms with Gasteiger partial charge in [-0.3, -0.25) is 0 Å². The number of rotatable bonds is 1. The number of nitrogens with zero attached hydrogens (tertiary/aromatic N) is 1. The highest BCUT2D eigenvalue weighted by Crippen LogP contribution is 2.25. The summed E-state index contributed by atoms with van der Waals surface area (Å²) in [6.07, 6.45) is 1.07. The predicted molar refractivity (Wildman–Crippen MR) is 50.6 cm³/mol. The summed E-state index contributed by atoms with van der Waals surface area (Å²) in [5.74, 6) is 0. The summed E-state index contributed by atoms with van der Waals surface area (Å²) in [4.78, 5) is 13.4. The van der Waals surface area contributed by atoms with E-state index in [2.05, 4.69) is 24.5 Å². The quantitative estimate of drug-likeness (QED) is 0.608. The zero-order chi connectivity index (χ0) is 9.47. The van der Waals surface area contributed by atoms with Gasteiger partial charge in [0.25, 0.3) is 0 Å². The Hall–Kier alpha value is -0.770. The van der Waals surface area contributed by atoms with Gasteiger partial charge < -0.3 is 15.5 Å². The van der Waals surface area contributed by atoms with Gasteiger partial charge in [0.1, 0.15) is 0 Å². The van der Waals surface area contributed by atoms with Gasteiger partial charge in [-0.15, -0.1) is 0 Å². The van der Waals surface area contributed by atoms with Crippen molar-refractivity contribution in [3.05, 3.63) is 0 Å². The van der Waals surface area contributed by atoms with Crippen LogP contribution in [0.2, 0.25) is 0 Å². The molecule has 0 aromatic carbocycles. The van der Waals surface area contributed by atoms with Crippen molar-refractivity contribution in [3.8, 4) is 0 Å². The number of amides is 2. The van der Waals surface area contributed by atoms with Crippen molar-refractivity contribution in [3.63, 3.8) is 0 Å². The fourth-order valence-electron chi connectivity index (χ4n) is 2.34. The molecule has 4 nitrogen and oxygen atoms in total. The number of carbonyl (C=O) groups is 1. The first-order valence-electron chi connectivity index (χ1n) is 4.91. The molecule has 74 valence electrons. The summed E-state index contributed by atoms with van der Waals surface area (Å²) in [7, 11) is 0. The Balaban J connectivity index is 2.11. The van der Waals surface area contributed by atoms with Gasteiger partial charge in [-0.1, -0.05) is 0 Å². The van der Waals surface area contributed by atoms with Crippen molar-refractivity contribution in [2.75, 3.05) is 19.6 Å². The average Bonchev–Trinajstić information content (AvgIpc) is 2.56. The standard InChI is InChI=1S/C9H17N3O/c1-9(2)7(3-4-11-9)12-6-5-10-8(12)13/h7,11H,3-6H2,1-2H3,(H,10,13). The second-order valence-electron chi connectivity index (χ2n) is 4.38. The Kier molecular flexibility index (Phi) is 1.95. The molecule has 13 heavy (non-hydrogen) atoms. The monoisotopic (exact) mass is 183 g/mol. The first-order chi connectivity index (χ1) is 6.11. The molecule has 2 heterocycles. The van der Waals surface area contributed by atoms with E-state index in [4.69, 9.17) is 0 Å². The summed E-state index contributed by atoms with van der Waals surface area (Å²) in [5.41, 5.74) is 0.0711. The molecule has 2 saturated heterocycles. The molecule has 0 aliphatic carbocycles. The maximum absolute atomic E-state index is 11.4. The third-order valence-corrected chi connectivity index (χ3v) is 3.10.